The molecule has 0 aliphatic carbocycles. The van der Waals surface area contributed by atoms with Gasteiger partial charge in [0.15, 0.2) is 5.82 Å². The minimum absolute atomic E-state index is 0.156. The molecule has 0 bridgehead atoms. The fraction of sp³-hybridized carbons (Fsp3) is 0.455. The van der Waals surface area contributed by atoms with Gasteiger partial charge in [0.25, 0.3) is 5.91 Å². The molecule has 2 aromatic rings. The zero-order valence-electron chi connectivity index (χ0n) is 10.7. The molecule has 0 radical (unpaired) electrons. The number of halogens is 1. The average Bonchev–Trinajstić information content (AvgIpc) is 2.98. The van der Waals surface area contributed by atoms with Crippen LogP contribution in [0.5, 0.6) is 0 Å². The first-order valence-corrected chi connectivity index (χ1v) is 6.77. The van der Waals surface area contributed by atoms with Gasteiger partial charge in [0.2, 0.25) is 0 Å². The third-order valence-corrected chi connectivity index (χ3v) is 3.19. The molecule has 2 aromatic heterocycles. The summed E-state index contributed by atoms with van der Waals surface area (Å²) in [6.45, 7) is 2.04. The highest BCUT2D eigenvalue weighted by molar-refractivity contribution is 9.10. The lowest BCUT2D eigenvalue weighted by atomic mass is 10.1. The van der Waals surface area contributed by atoms with E-state index in [-0.39, 0.29) is 11.9 Å². The van der Waals surface area contributed by atoms with E-state index in [1.165, 1.54) is 0 Å². The van der Waals surface area contributed by atoms with E-state index in [4.69, 9.17) is 0 Å². The largest absolute Gasteiger partial charge is 0.345 e. The zero-order chi connectivity index (χ0) is 13.8. The molecule has 7 nitrogen and oxygen atoms in total. The third-order valence-electron chi connectivity index (χ3n) is 2.76. The summed E-state index contributed by atoms with van der Waals surface area (Å²) in [5.41, 5.74) is 0.580. The van der Waals surface area contributed by atoms with E-state index >= 15 is 0 Å². The fourth-order valence-corrected chi connectivity index (χ4v) is 2.38. The van der Waals surface area contributed by atoms with E-state index in [9.17, 15) is 4.79 Å². The number of hydrogen-bond donors (Lipinski definition) is 2. The highest BCUT2D eigenvalue weighted by Gasteiger charge is 2.20. The maximum absolute atomic E-state index is 12.2. The molecular weight excluding hydrogens is 312 g/mol. The second kappa shape index (κ2) is 5.96. The zero-order valence-corrected chi connectivity index (χ0v) is 12.3. The normalized spacial score (nSPS) is 12.4. The Labute approximate surface area is 118 Å². The fourth-order valence-electron chi connectivity index (χ4n) is 1.85. The number of amides is 1. The van der Waals surface area contributed by atoms with Gasteiger partial charge in [0.1, 0.15) is 5.69 Å². The Morgan fingerprint density at radius 2 is 2.42 bits per heavy atom. The number of rotatable bonds is 5. The summed E-state index contributed by atoms with van der Waals surface area (Å²) >= 11 is 3.35. The topological polar surface area (TPSA) is 88.5 Å². The molecule has 2 N–H and O–H groups in total. The van der Waals surface area contributed by atoms with Gasteiger partial charge < -0.3 is 9.88 Å². The first kappa shape index (κ1) is 13.7. The Kier molecular flexibility index (Phi) is 4.31. The molecule has 0 spiro atoms. The lowest BCUT2D eigenvalue weighted by Crippen LogP contribution is -2.30. The number of carbonyl (C=O) groups excluding carboxylic acids is 1. The SMILES string of the molecule is CCC[C@@H](NC(=O)c1cc(Br)cn1C)c1nn[nH]n1. The van der Waals surface area contributed by atoms with Gasteiger partial charge in [-0.05, 0) is 28.4 Å². The lowest BCUT2D eigenvalue weighted by molar-refractivity contribution is 0.0924. The molecule has 0 saturated carbocycles. The standard InChI is InChI=1S/C11H15BrN6O/c1-3-4-8(10-14-16-17-15-10)13-11(19)9-5-7(12)6-18(9)2/h5-6,8H,3-4H2,1-2H3,(H,13,19)(H,14,15,16,17)/t8-/m1/s1. The van der Waals surface area contributed by atoms with E-state index in [1.807, 2.05) is 20.2 Å². The predicted molar refractivity (Wildman–Crippen MR) is 72.4 cm³/mol. The predicted octanol–water partition coefficient (Wildman–Crippen LogP) is 1.57. The minimum Gasteiger partial charge on any atom is -0.345 e. The highest BCUT2D eigenvalue weighted by Crippen LogP contribution is 2.17. The smallest absolute Gasteiger partial charge is 0.268 e. The van der Waals surface area contributed by atoms with Gasteiger partial charge in [0, 0.05) is 17.7 Å². The molecule has 0 saturated heterocycles. The Bertz CT molecular complexity index is 550. The molecule has 19 heavy (non-hydrogen) atoms. The monoisotopic (exact) mass is 326 g/mol. The van der Waals surface area contributed by atoms with E-state index in [1.54, 1.807) is 10.6 Å². The number of nitrogens with one attached hydrogen (secondary N) is 2. The van der Waals surface area contributed by atoms with Crippen molar-refractivity contribution in [1.29, 1.82) is 0 Å². The van der Waals surface area contributed by atoms with E-state index in [2.05, 4.69) is 41.9 Å². The summed E-state index contributed by atoms with van der Waals surface area (Å²) in [5, 5.41) is 16.7. The maximum atomic E-state index is 12.2. The van der Waals surface area contributed by atoms with Gasteiger partial charge in [-0.15, -0.1) is 10.2 Å². The van der Waals surface area contributed by atoms with Crippen LogP contribution in [-0.4, -0.2) is 31.1 Å². The van der Waals surface area contributed by atoms with Crippen LogP contribution in [0, 0.1) is 0 Å². The van der Waals surface area contributed by atoms with Crippen molar-refractivity contribution in [2.75, 3.05) is 0 Å². The molecule has 0 aliphatic rings. The number of H-pyrrole nitrogens is 1. The van der Waals surface area contributed by atoms with Crippen LogP contribution < -0.4 is 5.32 Å². The van der Waals surface area contributed by atoms with Crippen LogP contribution in [0.15, 0.2) is 16.7 Å². The summed E-state index contributed by atoms with van der Waals surface area (Å²) in [4.78, 5) is 12.2. The first-order valence-electron chi connectivity index (χ1n) is 5.98. The molecule has 102 valence electrons. The Morgan fingerprint density at radius 1 is 1.63 bits per heavy atom. The van der Waals surface area contributed by atoms with Gasteiger partial charge in [-0.1, -0.05) is 18.6 Å². The summed E-state index contributed by atoms with van der Waals surface area (Å²) in [6.07, 6.45) is 3.51. The molecule has 0 aliphatic heterocycles. The summed E-state index contributed by atoms with van der Waals surface area (Å²) in [7, 11) is 1.82. The highest BCUT2D eigenvalue weighted by atomic mass is 79.9. The number of aromatic amines is 1. The van der Waals surface area contributed by atoms with Crippen molar-refractivity contribution >= 4 is 21.8 Å². The van der Waals surface area contributed by atoms with Crippen LogP contribution in [0.3, 0.4) is 0 Å². The molecule has 0 unspecified atom stereocenters. The third kappa shape index (κ3) is 3.19. The number of nitrogens with zero attached hydrogens (tertiary/aromatic N) is 4. The van der Waals surface area contributed by atoms with Crippen molar-refractivity contribution in [3.05, 3.63) is 28.3 Å². The first-order chi connectivity index (χ1) is 9.11. The van der Waals surface area contributed by atoms with Gasteiger partial charge >= 0.3 is 0 Å². The Balaban J connectivity index is 2.13. The molecule has 2 heterocycles. The van der Waals surface area contributed by atoms with Gasteiger partial charge in [-0.25, -0.2) is 0 Å². The summed E-state index contributed by atoms with van der Waals surface area (Å²) in [6, 6.07) is 1.54. The maximum Gasteiger partial charge on any atom is 0.268 e. The quantitative estimate of drug-likeness (QED) is 0.872. The van der Waals surface area contributed by atoms with Crippen molar-refractivity contribution in [2.24, 2.45) is 7.05 Å². The van der Waals surface area contributed by atoms with Crippen LogP contribution in [0.1, 0.15) is 42.1 Å². The molecule has 0 aromatic carbocycles. The van der Waals surface area contributed by atoms with Gasteiger partial charge in [-0.2, -0.15) is 5.21 Å². The van der Waals surface area contributed by atoms with Crippen LogP contribution in [-0.2, 0) is 7.05 Å². The molecule has 8 heteroatoms. The van der Waals surface area contributed by atoms with Crippen molar-refractivity contribution in [1.82, 2.24) is 30.5 Å². The molecule has 2 rings (SSSR count). The van der Waals surface area contributed by atoms with Crippen molar-refractivity contribution in [3.63, 3.8) is 0 Å². The Hall–Kier alpha value is -1.70. The minimum atomic E-state index is -0.232. The molecule has 0 fully saturated rings. The summed E-state index contributed by atoms with van der Waals surface area (Å²) in [5.74, 6) is 0.347. The second-order valence-electron chi connectivity index (χ2n) is 4.24. The molecular formula is C11H15BrN6O. The van der Waals surface area contributed by atoms with Crippen LogP contribution in [0.25, 0.3) is 0 Å². The number of aryl methyl sites for hydroxylation is 1. The average molecular weight is 327 g/mol. The van der Waals surface area contributed by atoms with Crippen molar-refractivity contribution in [3.8, 4) is 0 Å². The number of hydrogen-bond acceptors (Lipinski definition) is 4. The lowest BCUT2D eigenvalue weighted by Gasteiger charge is -2.14. The number of tetrazole rings is 1. The van der Waals surface area contributed by atoms with E-state index in [0.717, 1.165) is 17.3 Å². The van der Waals surface area contributed by atoms with Crippen LogP contribution in [0.2, 0.25) is 0 Å². The van der Waals surface area contributed by atoms with E-state index in [0.29, 0.717) is 11.5 Å². The van der Waals surface area contributed by atoms with Crippen LogP contribution >= 0.6 is 15.9 Å². The second-order valence-corrected chi connectivity index (χ2v) is 5.15. The Morgan fingerprint density at radius 3 is 2.95 bits per heavy atom. The van der Waals surface area contributed by atoms with Crippen molar-refractivity contribution in [2.45, 2.75) is 25.8 Å². The van der Waals surface area contributed by atoms with Crippen LogP contribution in [0.4, 0.5) is 0 Å². The van der Waals surface area contributed by atoms with Gasteiger partial charge in [-0.3, -0.25) is 4.79 Å². The molecule has 1 amide bonds. The number of aromatic nitrogens is 5. The van der Waals surface area contributed by atoms with Gasteiger partial charge in [0.05, 0.1) is 6.04 Å². The van der Waals surface area contributed by atoms with Crippen molar-refractivity contribution < 1.29 is 4.79 Å². The molecule has 1 atom stereocenters. The summed E-state index contributed by atoms with van der Waals surface area (Å²) < 4.78 is 2.63. The number of carbonyl (C=O) groups is 1. The van der Waals surface area contributed by atoms with E-state index < -0.39 is 0 Å².